The maximum Gasteiger partial charge on any atom is 0.166 e. The molecule has 1 fully saturated rings. The predicted molar refractivity (Wildman–Crippen MR) is 118 cm³/mol. The van der Waals surface area contributed by atoms with Crippen LogP contribution in [0.4, 0.5) is 0 Å². The highest BCUT2D eigenvalue weighted by molar-refractivity contribution is 6.02. The lowest BCUT2D eigenvalue weighted by atomic mass is 9.85. The number of carbonyl (C=O) groups excluding carboxylic acids is 1. The number of carbonyl (C=O) groups is 1. The van der Waals surface area contributed by atoms with E-state index < -0.39 is 0 Å². The number of fused-ring (bicyclic) bond motifs is 1. The van der Waals surface area contributed by atoms with Crippen molar-refractivity contribution in [1.82, 2.24) is 4.90 Å². The number of nitrogens with zero attached hydrogens (tertiary/aromatic N) is 1. The van der Waals surface area contributed by atoms with E-state index in [1.165, 1.54) is 5.57 Å². The number of piperidine rings is 1. The molecule has 1 aliphatic carbocycles. The summed E-state index contributed by atoms with van der Waals surface area (Å²) in [5, 5.41) is 0. The van der Waals surface area contributed by atoms with E-state index in [2.05, 4.69) is 29.7 Å². The van der Waals surface area contributed by atoms with Gasteiger partial charge in [0, 0.05) is 18.0 Å². The Bertz CT molecular complexity index is 801. The summed E-state index contributed by atoms with van der Waals surface area (Å²) in [5.74, 6) is 2.33. The Balaban J connectivity index is 1.56. The van der Waals surface area contributed by atoms with E-state index in [1.807, 2.05) is 25.1 Å². The topological polar surface area (TPSA) is 38.8 Å². The number of likely N-dealkylation sites (tertiary alicyclic amines) is 1. The first-order valence-corrected chi connectivity index (χ1v) is 10.5. The lowest BCUT2D eigenvalue weighted by molar-refractivity contribution is 0.0900. The molecule has 29 heavy (non-hydrogen) atoms. The van der Waals surface area contributed by atoms with Crippen molar-refractivity contribution in [2.75, 3.05) is 33.9 Å². The summed E-state index contributed by atoms with van der Waals surface area (Å²) in [6.07, 6.45) is 12.3. The van der Waals surface area contributed by atoms with Gasteiger partial charge < -0.3 is 9.47 Å². The maximum absolute atomic E-state index is 13.0. The van der Waals surface area contributed by atoms with Crippen LogP contribution >= 0.6 is 0 Å². The Morgan fingerprint density at radius 1 is 1.21 bits per heavy atom. The van der Waals surface area contributed by atoms with Gasteiger partial charge in [-0.25, -0.2) is 0 Å². The zero-order valence-corrected chi connectivity index (χ0v) is 17.9. The predicted octanol–water partition coefficient (Wildman–Crippen LogP) is 4.85. The van der Waals surface area contributed by atoms with E-state index in [0.717, 1.165) is 56.4 Å². The maximum atomic E-state index is 13.0. The molecule has 1 saturated heterocycles. The summed E-state index contributed by atoms with van der Waals surface area (Å²) in [7, 11) is 3.25. The van der Waals surface area contributed by atoms with Crippen LogP contribution in [-0.4, -0.2) is 44.5 Å². The Morgan fingerprint density at radius 3 is 2.52 bits per heavy atom. The van der Waals surface area contributed by atoms with Crippen LogP contribution in [0.1, 0.15) is 42.1 Å². The minimum atomic E-state index is 0.0950. The first-order valence-electron chi connectivity index (χ1n) is 10.5. The third-order valence-electron chi connectivity index (χ3n) is 6.16. The molecule has 4 heteroatoms. The monoisotopic (exact) mass is 395 g/mol. The smallest absolute Gasteiger partial charge is 0.166 e. The highest BCUT2D eigenvalue weighted by atomic mass is 16.5. The zero-order valence-electron chi connectivity index (χ0n) is 17.9. The van der Waals surface area contributed by atoms with Crippen molar-refractivity contribution in [3.8, 4) is 11.5 Å². The first kappa shape index (κ1) is 21.4. The van der Waals surface area contributed by atoms with E-state index in [0.29, 0.717) is 17.4 Å². The lowest BCUT2D eigenvalue weighted by Gasteiger charge is -2.33. The number of benzene rings is 1. The van der Waals surface area contributed by atoms with Gasteiger partial charge in [-0.05, 0) is 74.9 Å². The second kappa shape index (κ2) is 9.93. The number of allylic oxidation sites excluding steroid dienone is 3. The fourth-order valence-electron chi connectivity index (χ4n) is 4.66. The summed E-state index contributed by atoms with van der Waals surface area (Å²) in [5.41, 5.74) is 3.21. The molecule has 1 aromatic carbocycles. The molecule has 1 unspecified atom stereocenters. The molecule has 0 amide bonds. The van der Waals surface area contributed by atoms with Gasteiger partial charge in [-0.2, -0.15) is 0 Å². The molecule has 1 heterocycles. The number of hydrogen-bond acceptors (Lipinski definition) is 4. The van der Waals surface area contributed by atoms with Gasteiger partial charge in [-0.15, -0.1) is 0 Å². The minimum absolute atomic E-state index is 0.0950. The van der Waals surface area contributed by atoms with E-state index in [9.17, 15) is 4.79 Å². The van der Waals surface area contributed by atoms with Crippen LogP contribution in [0.2, 0.25) is 0 Å². The molecule has 3 rings (SSSR count). The van der Waals surface area contributed by atoms with Gasteiger partial charge in [0.1, 0.15) is 0 Å². The van der Waals surface area contributed by atoms with E-state index in [4.69, 9.17) is 9.47 Å². The lowest BCUT2D eigenvalue weighted by Crippen LogP contribution is -2.35. The van der Waals surface area contributed by atoms with E-state index >= 15 is 0 Å². The van der Waals surface area contributed by atoms with Gasteiger partial charge in [0.25, 0.3) is 0 Å². The Labute approximate surface area is 174 Å². The zero-order chi connectivity index (χ0) is 20.8. The molecule has 1 atom stereocenters. The van der Waals surface area contributed by atoms with Crippen molar-refractivity contribution in [3.05, 3.63) is 59.7 Å². The molecule has 0 N–H and O–H groups in total. The van der Waals surface area contributed by atoms with Crippen molar-refractivity contribution < 1.29 is 14.3 Å². The summed E-state index contributed by atoms with van der Waals surface area (Å²) < 4.78 is 10.8. The molecule has 156 valence electrons. The van der Waals surface area contributed by atoms with E-state index in [-0.39, 0.29) is 11.7 Å². The Hall–Kier alpha value is -2.33. The molecular weight excluding hydrogens is 362 g/mol. The summed E-state index contributed by atoms with van der Waals surface area (Å²) in [4.78, 5) is 15.5. The third kappa shape index (κ3) is 4.99. The Morgan fingerprint density at radius 2 is 1.90 bits per heavy atom. The fraction of sp³-hybridized carbons (Fsp3) is 0.480. The van der Waals surface area contributed by atoms with Crippen molar-refractivity contribution in [2.24, 2.45) is 11.8 Å². The first-order chi connectivity index (χ1) is 14.1. The largest absolute Gasteiger partial charge is 0.493 e. The average molecular weight is 396 g/mol. The van der Waals surface area contributed by atoms with Crippen LogP contribution in [0.15, 0.2) is 48.6 Å². The highest BCUT2D eigenvalue weighted by Crippen LogP contribution is 2.39. The minimum Gasteiger partial charge on any atom is -0.493 e. The second-order valence-electron chi connectivity index (χ2n) is 8.06. The fourth-order valence-corrected chi connectivity index (χ4v) is 4.66. The van der Waals surface area contributed by atoms with Gasteiger partial charge in [0.2, 0.25) is 0 Å². The summed E-state index contributed by atoms with van der Waals surface area (Å²) >= 11 is 0. The highest BCUT2D eigenvalue weighted by Gasteiger charge is 2.34. The third-order valence-corrected chi connectivity index (χ3v) is 6.16. The molecule has 2 aliphatic rings. The molecule has 0 spiro atoms. The van der Waals surface area contributed by atoms with Crippen molar-refractivity contribution in [1.29, 1.82) is 0 Å². The number of methoxy groups -OCH3 is 2. The van der Waals surface area contributed by atoms with Gasteiger partial charge in [0.05, 0.1) is 14.2 Å². The molecule has 0 radical (unpaired) electrons. The summed E-state index contributed by atoms with van der Waals surface area (Å²) in [6, 6.07) is 3.83. The van der Waals surface area contributed by atoms with Crippen molar-refractivity contribution >= 4 is 5.78 Å². The molecule has 1 aromatic rings. The Kier molecular flexibility index (Phi) is 7.32. The number of rotatable bonds is 8. The standard InChI is InChI=1S/C25H33NO3/c1-5-7-19(8-6-2)17-26-11-9-18(10-12-26)13-21-14-20-15-23(28-3)24(29-4)16-22(20)25(21)27/h5-8,15-16,18,21H,1,9-14,17H2,2-4H3/b8-6-,19-7+. The quantitative estimate of drug-likeness (QED) is 0.590. The SMILES string of the molecule is C=C/C=C(\C=C/C)CN1CCC(CC2Cc3cc(OC)c(OC)cc3C2=O)CC1. The number of Topliss-reactive ketones (excluding diaryl/α,β-unsaturated/α-hetero) is 1. The van der Waals surface area contributed by atoms with Crippen LogP contribution in [0, 0.1) is 11.8 Å². The van der Waals surface area contributed by atoms with Gasteiger partial charge in [-0.3, -0.25) is 9.69 Å². The van der Waals surface area contributed by atoms with Crippen LogP contribution in [0.3, 0.4) is 0 Å². The molecular formula is C25H33NO3. The molecule has 4 nitrogen and oxygen atoms in total. The van der Waals surface area contributed by atoms with Crippen LogP contribution in [0.25, 0.3) is 0 Å². The van der Waals surface area contributed by atoms with Crippen LogP contribution < -0.4 is 9.47 Å². The number of hydrogen-bond donors (Lipinski definition) is 0. The average Bonchev–Trinajstić information content (AvgIpc) is 3.03. The molecule has 1 aliphatic heterocycles. The number of ether oxygens (including phenoxy) is 2. The molecule has 0 saturated carbocycles. The molecule has 0 bridgehead atoms. The van der Waals surface area contributed by atoms with Crippen LogP contribution in [0.5, 0.6) is 11.5 Å². The second-order valence-corrected chi connectivity index (χ2v) is 8.06. The normalized spacial score (nSPS) is 20.9. The van der Waals surface area contributed by atoms with Gasteiger partial charge >= 0.3 is 0 Å². The van der Waals surface area contributed by atoms with E-state index in [1.54, 1.807) is 14.2 Å². The molecule has 0 aromatic heterocycles. The van der Waals surface area contributed by atoms with Crippen LogP contribution in [-0.2, 0) is 6.42 Å². The number of ketones is 1. The van der Waals surface area contributed by atoms with Gasteiger partial charge in [0.15, 0.2) is 17.3 Å². The van der Waals surface area contributed by atoms with Crippen molar-refractivity contribution in [2.45, 2.75) is 32.6 Å². The summed E-state index contributed by atoms with van der Waals surface area (Å²) in [6.45, 7) is 9.01. The van der Waals surface area contributed by atoms with Gasteiger partial charge in [-0.1, -0.05) is 30.9 Å². The van der Waals surface area contributed by atoms with Crippen molar-refractivity contribution in [3.63, 3.8) is 0 Å².